The molecule has 94 valence electrons. The van der Waals surface area contributed by atoms with Crippen molar-refractivity contribution in [3.05, 3.63) is 59.1 Å². The molecule has 1 aromatic carbocycles. The zero-order valence-corrected chi connectivity index (χ0v) is 10.7. The van der Waals surface area contributed by atoms with E-state index in [0.29, 0.717) is 10.6 Å². The van der Waals surface area contributed by atoms with E-state index in [-0.39, 0.29) is 12.5 Å². The number of halogens is 1. The summed E-state index contributed by atoms with van der Waals surface area (Å²) in [5, 5.41) is 3.33. The van der Waals surface area contributed by atoms with E-state index in [1.165, 1.54) is 18.7 Å². The number of rotatable bonds is 2. The third kappa shape index (κ3) is 4.09. The van der Waals surface area contributed by atoms with E-state index in [4.69, 9.17) is 11.6 Å². The van der Waals surface area contributed by atoms with Crippen LogP contribution < -0.4 is 5.32 Å². The first kappa shape index (κ1) is 13.1. The zero-order valence-electron chi connectivity index (χ0n) is 9.93. The van der Waals surface area contributed by atoms with Crippen molar-refractivity contribution in [1.82, 2.24) is 15.3 Å². The smallest absolute Gasteiger partial charge is 0.255 e. The van der Waals surface area contributed by atoms with Crippen molar-refractivity contribution in [3.63, 3.8) is 0 Å². The molecule has 1 N–H and O–H groups in total. The Bertz CT molecular complexity index is 615. The zero-order chi connectivity index (χ0) is 13.5. The predicted octanol–water partition coefficient (Wildman–Crippen LogP) is 1.91. The summed E-state index contributed by atoms with van der Waals surface area (Å²) in [4.78, 5) is 19.2. The van der Waals surface area contributed by atoms with Crippen LogP contribution in [0.4, 0.5) is 0 Å². The predicted molar refractivity (Wildman–Crippen MR) is 72.7 cm³/mol. The molecule has 2 aromatic rings. The van der Waals surface area contributed by atoms with Gasteiger partial charge in [0.15, 0.2) is 0 Å². The van der Waals surface area contributed by atoms with Crippen LogP contribution in [-0.2, 0) is 0 Å². The number of nitrogens with one attached hydrogen (secondary N) is 1. The highest BCUT2D eigenvalue weighted by molar-refractivity contribution is 6.30. The molecule has 0 saturated carbocycles. The second-order valence-electron chi connectivity index (χ2n) is 3.62. The molecule has 0 radical (unpaired) electrons. The highest BCUT2D eigenvalue weighted by Crippen LogP contribution is 2.08. The Morgan fingerprint density at radius 2 is 1.89 bits per heavy atom. The molecule has 0 bridgehead atoms. The van der Waals surface area contributed by atoms with E-state index in [1.54, 1.807) is 12.1 Å². The van der Waals surface area contributed by atoms with E-state index in [9.17, 15) is 4.79 Å². The van der Waals surface area contributed by atoms with Crippen LogP contribution in [0, 0.1) is 11.8 Å². The van der Waals surface area contributed by atoms with Crippen molar-refractivity contribution in [2.24, 2.45) is 0 Å². The van der Waals surface area contributed by atoms with Crippen LogP contribution in [0.2, 0.25) is 5.02 Å². The maximum atomic E-state index is 11.6. The van der Waals surface area contributed by atoms with E-state index in [2.05, 4.69) is 27.1 Å². The van der Waals surface area contributed by atoms with E-state index < -0.39 is 0 Å². The molecule has 19 heavy (non-hydrogen) atoms. The van der Waals surface area contributed by atoms with Gasteiger partial charge in [0.05, 0.1) is 12.1 Å². The molecule has 1 amide bonds. The first-order valence-corrected chi connectivity index (χ1v) is 5.91. The van der Waals surface area contributed by atoms with Crippen LogP contribution in [0.5, 0.6) is 0 Å². The largest absolute Gasteiger partial charge is 0.341 e. The molecular weight excluding hydrogens is 262 g/mol. The Morgan fingerprint density at radius 1 is 1.21 bits per heavy atom. The van der Waals surface area contributed by atoms with Crippen molar-refractivity contribution in [2.75, 3.05) is 6.54 Å². The molecule has 0 aliphatic rings. The van der Waals surface area contributed by atoms with Crippen molar-refractivity contribution in [2.45, 2.75) is 0 Å². The van der Waals surface area contributed by atoms with Gasteiger partial charge in [-0.1, -0.05) is 23.4 Å². The molecule has 0 spiro atoms. The Hall–Kier alpha value is -2.38. The average Bonchev–Trinajstić information content (AvgIpc) is 2.46. The van der Waals surface area contributed by atoms with Crippen LogP contribution in [0.25, 0.3) is 0 Å². The number of benzene rings is 1. The van der Waals surface area contributed by atoms with Crippen LogP contribution in [0.3, 0.4) is 0 Å². The summed E-state index contributed by atoms with van der Waals surface area (Å²) >= 11 is 5.77. The highest BCUT2D eigenvalue weighted by atomic mass is 35.5. The normalized spacial score (nSPS) is 9.32. The number of carbonyl (C=O) groups is 1. The van der Waals surface area contributed by atoms with Crippen molar-refractivity contribution in [3.8, 4) is 11.8 Å². The average molecular weight is 272 g/mol. The monoisotopic (exact) mass is 271 g/mol. The molecule has 0 aliphatic heterocycles. The second-order valence-corrected chi connectivity index (χ2v) is 4.05. The van der Waals surface area contributed by atoms with Gasteiger partial charge in [-0.25, -0.2) is 9.97 Å². The summed E-state index contributed by atoms with van der Waals surface area (Å²) in [7, 11) is 0. The Morgan fingerprint density at radius 3 is 2.58 bits per heavy atom. The lowest BCUT2D eigenvalue weighted by Gasteiger charge is -1.99. The van der Waals surface area contributed by atoms with Gasteiger partial charge in [0.1, 0.15) is 6.33 Å². The molecule has 2 rings (SSSR count). The van der Waals surface area contributed by atoms with Gasteiger partial charge in [-0.05, 0) is 24.3 Å². The molecule has 1 heterocycles. The fourth-order valence-electron chi connectivity index (χ4n) is 1.32. The van der Waals surface area contributed by atoms with Gasteiger partial charge in [-0.2, -0.15) is 0 Å². The fraction of sp³-hybridized carbons (Fsp3) is 0.0714. The molecule has 1 aromatic heterocycles. The Kier molecular flexibility index (Phi) is 4.49. The molecule has 0 fully saturated rings. The van der Waals surface area contributed by atoms with Gasteiger partial charge in [0.2, 0.25) is 0 Å². The Balaban J connectivity index is 1.87. The van der Waals surface area contributed by atoms with Crippen LogP contribution >= 0.6 is 11.6 Å². The first-order valence-electron chi connectivity index (χ1n) is 5.53. The summed E-state index contributed by atoms with van der Waals surface area (Å²) in [6.45, 7) is 0.260. The van der Waals surface area contributed by atoms with Gasteiger partial charge in [0, 0.05) is 23.0 Å². The maximum absolute atomic E-state index is 11.6. The molecule has 0 atom stereocenters. The number of nitrogens with zero attached hydrogens (tertiary/aromatic N) is 2. The third-order valence-corrected chi connectivity index (χ3v) is 2.49. The fourth-order valence-corrected chi connectivity index (χ4v) is 1.45. The molecule has 0 saturated heterocycles. The number of carbonyl (C=O) groups excluding carboxylic acids is 1. The minimum atomic E-state index is -0.244. The number of amides is 1. The molecular formula is C14H10ClN3O. The SMILES string of the molecule is O=C(NCC#Cc1ccc(Cl)cc1)c1cncnc1. The van der Waals surface area contributed by atoms with Gasteiger partial charge in [-0.3, -0.25) is 4.79 Å². The van der Waals surface area contributed by atoms with E-state index in [1.807, 2.05) is 12.1 Å². The van der Waals surface area contributed by atoms with Crippen LogP contribution in [0.15, 0.2) is 43.0 Å². The minimum Gasteiger partial charge on any atom is -0.341 e. The molecule has 0 aliphatic carbocycles. The van der Waals surface area contributed by atoms with Crippen molar-refractivity contribution < 1.29 is 4.79 Å². The summed E-state index contributed by atoms with van der Waals surface area (Å²) < 4.78 is 0. The molecule has 5 heteroatoms. The lowest BCUT2D eigenvalue weighted by Crippen LogP contribution is -2.23. The summed E-state index contributed by atoms with van der Waals surface area (Å²) in [5.74, 6) is 5.54. The van der Waals surface area contributed by atoms with Gasteiger partial charge < -0.3 is 5.32 Å². The van der Waals surface area contributed by atoms with Gasteiger partial charge >= 0.3 is 0 Å². The number of hydrogen-bond donors (Lipinski definition) is 1. The lowest BCUT2D eigenvalue weighted by molar-refractivity contribution is 0.0958. The third-order valence-electron chi connectivity index (χ3n) is 2.24. The summed E-state index contributed by atoms with van der Waals surface area (Å²) in [6.07, 6.45) is 4.28. The number of aromatic nitrogens is 2. The second kappa shape index (κ2) is 6.53. The van der Waals surface area contributed by atoms with Crippen molar-refractivity contribution in [1.29, 1.82) is 0 Å². The number of hydrogen-bond acceptors (Lipinski definition) is 3. The van der Waals surface area contributed by atoms with Gasteiger partial charge in [-0.15, -0.1) is 0 Å². The molecule has 0 unspecified atom stereocenters. The van der Waals surface area contributed by atoms with Gasteiger partial charge in [0.25, 0.3) is 5.91 Å². The summed E-state index contributed by atoms with van der Waals surface area (Å²) in [5.41, 5.74) is 1.26. The Labute approximate surface area is 115 Å². The van der Waals surface area contributed by atoms with E-state index >= 15 is 0 Å². The first-order chi connectivity index (χ1) is 9.25. The standard InChI is InChI=1S/C14H10ClN3O/c15-13-5-3-11(4-6-13)2-1-7-18-14(19)12-8-16-10-17-9-12/h3-6,8-10H,7H2,(H,18,19). The molecule has 4 nitrogen and oxygen atoms in total. The lowest BCUT2D eigenvalue weighted by atomic mass is 10.2. The van der Waals surface area contributed by atoms with E-state index in [0.717, 1.165) is 5.56 Å². The summed E-state index contributed by atoms with van der Waals surface area (Å²) in [6, 6.07) is 7.18. The quantitative estimate of drug-likeness (QED) is 0.849. The minimum absolute atomic E-state index is 0.244. The van der Waals surface area contributed by atoms with Crippen LogP contribution in [0.1, 0.15) is 15.9 Å². The topological polar surface area (TPSA) is 54.9 Å². The highest BCUT2D eigenvalue weighted by Gasteiger charge is 2.02. The van der Waals surface area contributed by atoms with Crippen molar-refractivity contribution >= 4 is 17.5 Å². The van der Waals surface area contributed by atoms with Crippen LogP contribution in [-0.4, -0.2) is 22.4 Å². The maximum Gasteiger partial charge on any atom is 0.255 e.